The average Bonchev–Trinajstić information content (AvgIpc) is 2.10. The van der Waals surface area contributed by atoms with E-state index in [9.17, 15) is 0 Å². The van der Waals surface area contributed by atoms with Crippen molar-refractivity contribution < 1.29 is 0 Å². The van der Waals surface area contributed by atoms with Crippen LogP contribution in [0.25, 0.3) is 0 Å². The summed E-state index contributed by atoms with van der Waals surface area (Å²) in [6.07, 6.45) is 2.58. The maximum Gasteiger partial charge on any atom is 0.0571 e. The molecular formula is C7H14IN. The van der Waals surface area contributed by atoms with Crippen molar-refractivity contribution >= 4 is 22.6 Å². The Balaban J connectivity index is 2.20. The Morgan fingerprint density at radius 2 is 2.22 bits per heavy atom. The fourth-order valence-corrected chi connectivity index (χ4v) is 1.86. The van der Waals surface area contributed by atoms with Gasteiger partial charge in [-0.05, 0) is 24.2 Å². The molecule has 1 rings (SSSR count). The van der Waals surface area contributed by atoms with Crippen LogP contribution in [0, 0.1) is 11.3 Å². The predicted molar refractivity (Wildman–Crippen MR) is 48.5 cm³/mol. The van der Waals surface area contributed by atoms with Crippen LogP contribution in [0.1, 0.15) is 26.7 Å². The highest BCUT2D eigenvalue weighted by atomic mass is 127. The molecule has 0 aromatic carbocycles. The summed E-state index contributed by atoms with van der Waals surface area (Å²) >= 11 is 2.29. The second kappa shape index (κ2) is 2.38. The van der Waals surface area contributed by atoms with E-state index in [1.54, 1.807) is 0 Å². The first kappa shape index (κ1) is 7.79. The Morgan fingerprint density at radius 1 is 1.78 bits per heavy atom. The van der Waals surface area contributed by atoms with Crippen molar-refractivity contribution in [2.45, 2.75) is 30.7 Å². The van der Waals surface area contributed by atoms with Crippen molar-refractivity contribution in [3.05, 3.63) is 0 Å². The lowest BCUT2D eigenvalue weighted by atomic mass is 10.1. The smallest absolute Gasteiger partial charge is 0.0571 e. The number of halogens is 1. The van der Waals surface area contributed by atoms with Gasteiger partial charge in [-0.3, -0.25) is 0 Å². The van der Waals surface area contributed by atoms with Crippen LogP contribution in [-0.4, -0.2) is 4.05 Å². The fraction of sp³-hybridized carbons (Fsp3) is 1.00. The number of alkyl halides is 1. The van der Waals surface area contributed by atoms with Gasteiger partial charge in [0.25, 0.3) is 0 Å². The molecule has 2 heteroatoms. The summed E-state index contributed by atoms with van der Waals surface area (Å²) in [7, 11) is 0. The molecule has 1 aliphatic rings. The largest absolute Gasteiger partial charge is 0.320 e. The molecule has 0 saturated heterocycles. The van der Waals surface area contributed by atoms with E-state index in [-0.39, 0.29) is 0 Å². The maximum absolute atomic E-state index is 5.64. The van der Waals surface area contributed by atoms with E-state index < -0.39 is 0 Å². The molecule has 0 bridgehead atoms. The van der Waals surface area contributed by atoms with Gasteiger partial charge in [0.1, 0.15) is 0 Å². The van der Waals surface area contributed by atoms with Crippen LogP contribution in [0.3, 0.4) is 0 Å². The highest BCUT2D eigenvalue weighted by Crippen LogP contribution is 2.54. The van der Waals surface area contributed by atoms with Crippen LogP contribution in [0.15, 0.2) is 0 Å². The third-order valence-electron chi connectivity index (χ3n) is 2.23. The van der Waals surface area contributed by atoms with Gasteiger partial charge in [0.2, 0.25) is 0 Å². The van der Waals surface area contributed by atoms with Crippen LogP contribution in [-0.2, 0) is 0 Å². The van der Waals surface area contributed by atoms with Gasteiger partial charge in [0, 0.05) is 0 Å². The van der Waals surface area contributed by atoms with E-state index in [1.807, 2.05) is 0 Å². The van der Waals surface area contributed by atoms with E-state index in [0.29, 0.717) is 9.46 Å². The normalized spacial score (nSPS) is 34.0. The third kappa shape index (κ3) is 2.08. The highest BCUT2D eigenvalue weighted by Gasteiger charge is 2.45. The van der Waals surface area contributed by atoms with E-state index in [0.717, 1.165) is 5.92 Å². The van der Waals surface area contributed by atoms with Crippen molar-refractivity contribution in [3.8, 4) is 0 Å². The lowest BCUT2D eigenvalue weighted by molar-refractivity contribution is 0.533. The first-order valence-corrected chi connectivity index (χ1v) is 4.66. The van der Waals surface area contributed by atoms with Crippen LogP contribution in [0.2, 0.25) is 0 Å². The van der Waals surface area contributed by atoms with Gasteiger partial charge in [-0.25, -0.2) is 0 Å². The lowest BCUT2D eigenvalue weighted by Gasteiger charge is -2.03. The van der Waals surface area contributed by atoms with Gasteiger partial charge >= 0.3 is 0 Å². The third-order valence-corrected chi connectivity index (χ3v) is 2.74. The minimum Gasteiger partial charge on any atom is -0.320 e. The minimum atomic E-state index is 0.370. The monoisotopic (exact) mass is 239 g/mol. The molecule has 1 fully saturated rings. The van der Waals surface area contributed by atoms with Crippen LogP contribution < -0.4 is 5.73 Å². The van der Waals surface area contributed by atoms with Crippen LogP contribution in [0.5, 0.6) is 0 Å². The van der Waals surface area contributed by atoms with Crippen molar-refractivity contribution in [2.75, 3.05) is 0 Å². The number of hydrogen-bond acceptors (Lipinski definition) is 1. The molecule has 0 spiro atoms. The molecule has 1 nitrogen and oxygen atoms in total. The molecule has 0 amide bonds. The molecule has 2 unspecified atom stereocenters. The lowest BCUT2D eigenvalue weighted by Crippen LogP contribution is -2.12. The van der Waals surface area contributed by atoms with E-state index in [1.165, 1.54) is 12.8 Å². The van der Waals surface area contributed by atoms with Crippen LogP contribution in [0.4, 0.5) is 0 Å². The minimum absolute atomic E-state index is 0.370. The zero-order chi connectivity index (χ0) is 7.07. The van der Waals surface area contributed by atoms with E-state index >= 15 is 0 Å². The highest BCUT2D eigenvalue weighted by molar-refractivity contribution is 14.1. The van der Waals surface area contributed by atoms with Crippen LogP contribution >= 0.6 is 22.6 Å². The first-order chi connectivity index (χ1) is 4.02. The second-order valence-corrected chi connectivity index (χ2v) is 5.24. The Hall–Kier alpha value is 0.690. The summed E-state index contributed by atoms with van der Waals surface area (Å²) in [4.78, 5) is 0. The average molecular weight is 239 g/mol. The molecule has 0 aromatic rings. The second-order valence-electron chi connectivity index (χ2n) is 3.64. The maximum atomic E-state index is 5.64. The molecule has 0 aromatic heterocycles. The molecule has 0 heterocycles. The first-order valence-electron chi connectivity index (χ1n) is 3.42. The van der Waals surface area contributed by atoms with Crippen molar-refractivity contribution in [2.24, 2.45) is 17.1 Å². The summed E-state index contributed by atoms with van der Waals surface area (Å²) in [6, 6.07) is 0. The summed E-state index contributed by atoms with van der Waals surface area (Å²) in [5.74, 6) is 0.907. The van der Waals surface area contributed by atoms with E-state index in [4.69, 9.17) is 5.73 Å². The van der Waals surface area contributed by atoms with Gasteiger partial charge < -0.3 is 5.73 Å². The molecule has 1 aliphatic carbocycles. The topological polar surface area (TPSA) is 26.0 Å². The summed E-state index contributed by atoms with van der Waals surface area (Å²) < 4.78 is 0.370. The van der Waals surface area contributed by atoms with Crippen molar-refractivity contribution in [1.82, 2.24) is 0 Å². The standard InChI is InChI=1S/C7H14IN/c1-7(2)4-5(7)3-6(8)9/h5-6H,3-4,9H2,1-2H3. The van der Waals surface area contributed by atoms with Gasteiger partial charge in [0.05, 0.1) is 4.05 Å². The predicted octanol–water partition coefficient (Wildman–Crippen LogP) is 2.14. The zero-order valence-electron chi connectivity index (χ0n) is 6.02. The molecule has 2 N–H and O–H groups in total. The SMILES string of the molecule is CC1(C)CC1CC(N)I. The molecule has 1 saturated carbocycles. The van der Waals surface area contributed by atoms with Gasteiger partial charge in [-0.1, -0.05) is 36.4 Å². The quantitative estimate of drug-likeness (QED) is 0.446. The molecule has 9 heavy (non-hydrogen) atoms. The summed E-state index contributed by atoms with van der Waals surface area (Å²) in [5, 5.41) is 0. The number of rotatable bonds is 2. The molecular weight excluding hydrogens is 225 g/mol. The van der Waals surface area contributed by atoms with E-state index in [2.05, 4.69) is 36.4 Å². The Kier molecular flexibility index (Phi) is 2.06. The molecule has 54 valence electrons. The molecule has 2 atom stereocenters. The van der Waals surface area contributed by atoms with Gasteiger partial charge in [-0.2, -0.15) is 0 Å². The Labute approximate surface area is 70.5 Å². The van der Waals surface area contributed by atoms with Gasteiger partial charge in [-0.15, -0.1) is 0 Å². The van der Waals surface area contributed by atoms with Crippen molar-refractivity contribution in [3.63, 3.8) is 0 Å². The number of hydrogen-bond donors (Lipinski definition) is 1. The number of nitrogens with two attached hydrogens (primary N) is 1. The summed E-state index contributed by atoms with van der Waals surface area (Å²) in [5.41, 5.74) is 6.25. The van der Waals surface area contributed by atoms with Gasteiger partial charge in [0.15, 0.2) is 0 Å². The Morgan fingerprint density at radius 3 is 2.33 bits per heavy atom. The summed E-state index contributed by atoms with van der Waals surface area (Å²) in [6.45, 7) is 4.63. The molecule has 0 radical (unpaired) electrons. The molecule has 0 aliphatic heterocycles. The Bertz CT molecular complexity index is 109. The fourth-order valence-electron chi connectivity index (χ4n) is 1.25. The zero-order valence-corrected chi connectivity index (χ0v) is 8.18. The van der Waals surface area contributed by atoms with Crippen molar-refractivity contribution in [1.29, 1.82) is 0 Å².